The fourth-order valence-corrected chi connectivity index (χ4v) is 2.96. The summed E-state index contributed by atoms with van der Waals surface area (Å²) in [5.41, 5.74) is 0. The molecule has 0 radical (unpaired) electrons. The van der Waals surface area contributed by atoms with Crippen molar-refractivity contribution in [1.82, 2.24) is 0 Å². The first-order valence-corrected chi connectivity index (χ1v) is 10.2. The molecule has 0 aromatic heterocycles. The molecule has 22 heteroatoms. The Kier molecular flexibility index (Phi) is 9.93. The molecule has 0 atom stereocenters. The molecule has 0 saturated heterocycles. The van der Waals surface area contributed by atoms with Crippen molar-refractivity contribution in [2.24, 2.45) is 0 Å². The maximum atomic E-state index is 13.7. The van der Waals surface area contributed by atoms with E-state index in [1.807, 2.05) is 5.92 Å². The molecule has 0 heterocycles. The summed E-state index contributed by atoms with van der Waals surface area (Å²) < 4.78 is 254. The molecule has 0 aliphatic rings. The highest BCUT2D eigenvalue weighted by atomic mass is 32.2. The van der Waals surface area contributed by atoms with Crippen LogP contribution in [0.15, 0.2) is 0 Å². The van der Waals surface area contributed by atoms with Gasteiger partial charge in [-0.05, 0) is 0 Å². The summed E-state index contributed by atoms with van der Waals surface area (Å²) >= 11 is 0. The van der Waals surface area contributed by atoms with Crippen molar-refractivity contribution < 1.29 is 92.0 Å². The van der Waals surface area contributed by atoms with Gasteiger partial charge in [-0.1, -0.05) is 5.92 Å². The van der Waals surface area contributed by atoms with Crippen molar-refractivity contribution >= 4 is 10.1 Å². The largest absolute Gasteiger partial charge is 0.460 e. The monoisotopic (exact) mass is 610 g/mol. The van der Waals surface area contributed by atoms with E-state index in [0.717, 1.165) is 0 Å². The number of halogens is 17. The van der Waals surface area contributed by atoms with E-state index in [4.69, 9.17) is 6.42 Å². The van der Waals surface area contributed by atoms with Gasteiger partial charge in [0.15, 0.2) is 0 Å². The number of alkyl halides is 17. The van der Waals surface area contributed by atoms with Gasteiger partial charge in [0.1, 0.15) is 6.61 Å². The third-order valence-corrected chi connectivity index (χ3v) is 5.36. The summed E-state index contributed by atoms with van der Waals surface area (Å²) in [7, 11) is -5.40. The summed E-state index contributed by atoms with van der Waals surface area (Å²) in [5.74, 6) is -58.2. The van der Waals surface area contributed by atoms with Crippen LogP contribution in [0.1, 0.15) is 6.42 Å². The molecule has 220 valence electrons. The van der Waals surface area contributed by atoms with Crippen molar-refractivity contribution in [3.63, 3.8) is 0 Å². The van der Waals surface area contributed by atoms with Crippen LogP contribution in [0.2, 0.25) is 0 Å². The smallest absolute Gasteiger partial charge is 0.366 e. The molecule has 0 N–H and O–H groups in total. The Bertz CT molecular complexity index is 933. The van der Waals surface area contributed by atoms with Crippen molar-refractivity contribution in [1.29, 1.82) is 0 Å². The van der Waals surface area contributed by atoms with Crippen LogP contribution in [-0.4, -0.2) is 81.6 Å². The van der Waals surface area contributed by atoms with Gasteiger partial charge in [0.2, 0.25) is 0 Å². The lowest BCUT2D eigenvalue weighted by atomic mass is 9.88. The second kappa shape index (κ2) is 10.4. The highest BCUT2D eigenvalue weighted by Crippen LogP contribution is 2.64. The Morgan fingerprint density at radius 2 is 0.973 bits per heavy atom. The zero-order valence-corrected chi connectivity index (χ0v) is 17.9. The zero-order valence-electron chi connectivity index (χ0n) is 17.1. The molecule has 0 fully saturated rings. The maximum absolute atomic E-state index is 13.7. The molecule has 0 bridgehead atoms. The number of hydrogen-bond acceptors (Lipinski definition) is 4. The number of terminal acetylenes is 1. The van der Waals surface area contributed by atoms with Gasteiger partial charge in [-0.15, -0.1) is 6.42 Å². The summed E-state index contributed by atoms with van der Waals surface area (Å²) in [6, 6.07) is 0. The predicted octanol–water partition coefficient (Wildman–Crippen LogP) is 5.38. The van der Waals surface area contributed by atoms with E-state index in [2.05, 4.69) is 8.92 Å². The van der Waals surface area contributed by atoms with Crippen molar-refractivity contribution in [2.75, 3.05) is 25.6 Å². The Balaban J connectivity index is 6.16. The first-order valence-electron chi connectivity index (χ1n) is 8.61. The second-order valence-corrected chi connectivity index (χ2v) is 8.50. The molecule has 37 heavy (non-hydrogen) atoms. The molecule has 0 saturated carbocycles. The highest BCUT2D eigenvalue weighted by Gasteiger charge is 2.95. The molecule has 0 aliphatic heterocycles. The lowest BCUT2D eigenvalue weighted by molar-refractivity contribution is -0.461. The third kappa shape index (κ3) is 6.12. The fourth-order valence-electron chi connectivity index (χ4n) is 2.02. The summed E-state index contributed by atoms with van der Waals surface area (Å²) in [4.78, 5) is 0. The van der Waals surface area contributed by atoms with E-state index in [-0.39, 0.29) is 0 Å². The average molecular weight is 610 g/mol. The van der Waals surface area contributed by atoms with Gasteiger partial charge in [0.25, 0.3) is 10.1 Å². The Morgan fingerprint density at radius 1 is 0.595 bits per heavy atom. The highest BCUT2D eigenvalue weighted by molar-refractivity contribution is 7.86. The van der Waals surface area contributed by atoms with E-state index < -0.39 is 89.7 Å². The summed E-state index contributed by atoms with van der Waals surface area (Å²) in [6.45, 7) is -2.20. The Morgan fingerprint density at radius 3 is 1.35 bits per heavy atom. The molecule has 0 rings (SSSR count). The molecule has 0 aliphatic carbocycles. The van der Waals surface area contributed by atoms with E-state index in [9.17, 15) is 83.1 Å². The van der Waals surface area contributed by atoms with E-state index >= 15 is 0 Å². The van der Waals surface area contributed by atoms with Crippen molar-refractivity contribution in [2.45, 2.75) is 54.1 Å². The summed E-state index contributed by atoms with van der Waals surface area (Å²) in [5, 5.41) is 0. The molecule has 0 aromatic carbocycles. The number of ether oxygens (including phenoxy) is 1. The van der Waals surface area contributed by atoms with Crippen LogP contribution in [0.4, 0.5) is 74.6 Å². The van der Waals surface area contributed by atoms with Crippen LogP contribution in [-0.2, 0) is 19.0 Å². The molecule has 0 spiro atoms. The van der Waals surface area contributed by atoms with Crippen LogP contribution in [0.5, 0.6) is 0 Å². The first kappa shape index (κ1) is 35.2. The van der Waals surface area contributed by atoms with Crippen LogP contribution >= 0.6 is 0 Å². The number of hydrogen-bond donors (Lipinski definition) is 0. The Labute approximate surface area is 195 Å². The minimum atomic E-state index is -8.75. The third-order valence-electron chi connectivity index (χ3n) is 4.13. The van der Waals surface area contributed by atoms with Crippen LogP contribution in [0.3, 0.4) is 0 Å². The molecule has 4 nitrogen and oxygen atoms in total. The normalized spacial score (nSPS) is 15.6. The molecule has 0 aromatic rings. The first-order chi connectivity index (χ1) is 16.0. The standard InChI is InChI=1S/C15H11F17O4S/c1-2-4-35-5-6-36-37(33,34)7-3-8(16,17)9(18,19)10(20,21)11(22,23)12(24,25)13(26,27)14(28,29)15(30,31)32/h1H,3-7H2. The SMILES string of the molecule is C#CCOCCOS(=O)(=O)CCC(F)(F)C(F)(F)C(F)(F)C(F)(F)C(F)(F)C(F)(F)C(F)(F)C(F)(F)F. The van der Waals surface area contributed by atoms with E-state index in [1.54, 1.807) is 0 Å². The van der Waals surface area contributed by atoms with Gasteiger partial charge >= 0.3 is 47.6 Å². The molecule has 0 amide bonds. The lowest BCUT2D eigenvalue weighted by Crippen LogP contribution is -2.74. The maximum Gasteiger partial charge on any atom is 0.460 e. The molecule has 0 unspecified atom stereocenters. The van der Waals surface area contributed by atoms with Crippen molar-refractivity contribution in [3.8, 4) is 12.3 Å². The predicted molar refractivity (Wildman–Crippen MR) is 84.7 cm³/mol. The fraction of sp³-hybridized carbons (Fsp3) is 0.867. The quantitative estimate of drug-likeness (QED) is 0.115. The van der Waals surface area contributed by atoms with Gasteiger partial charge in [0, 0.05) is 6.42 Å². The van der Waals surface area contributed by atoms with Crippen LogP contribution < -0.4 is 0 Å². The average Bonchev–Trinajstić information content (AvgIpc) is 2.70. The minimum absolute atomic E-state index is 0.449. The number of rotatable bonds is 14. The second-order valence-electron chi connectivity index (χ2n) is 6.74. The van der Waals surface area contributed by atoms with Gasteiger partial charge in [-0.2, -0.15) is 83.1 Å². The van der Waals surface area contributed by atoms with Crippen LogP contribution in [0.25, 0.3) is 0 Å². The van der Waals surface area contributed by atoms with Gasteiger partial charge in [0.05, 0.1) is 19.0 Å². The Hall–Kier alpha value is -1.76. The summed E-state index contributed by atoms with van der Waals surface area (Å²) in [6.07, 6.45) is -6.29. The van der Waals surface area contributed by atoms with Gasteiger partial charge in [-0.25, -0.2) is 0 Å². The van der Waals surface area contributed by atoms with Crippen LogP contribution in [0, 0.1) is 12.3 Å². The lowest BCUT2D eigenvalue weighted by Gasteiger charge is -2.42. The zero-order chi connectivity index (χ0) is 30.2. The van der Waals surface area contributed by atoms with Gasteiger partial charge < -0.3 is 4.74 Å². The molecular weight excluding hydrogens is 599 g/mol. The topological polar surface area (TPSA) is 52.6 Å². The van der Waals surface area contributed by atoms with E-state index in [0.29, 0.717) is 0 Å². The minimum Gasteiger partial charge on any atom is -0.366 e. The van der Waals surface area contributed by atoms with E-state index in [1.165, 1.54) is 0 Å². The van der Waals surface area contributed by atoms with Crippen molar-refractivity contribution in [3.05, 3.63) is 0 Å². The molecular formula is C15H11F17O4S. The van der Waals surface area contributed by atoms with Gasteiger partial charge in [-0.3, -0.25) is 4.18 Å².